The van der Waals surface area contributed by atoms with E-state index in [-0.39, 0.29) is 5.12 Å². The minimum absolute atomic E-state index is 0.0978. The van der Waals surface area contributed by atoms with Gasteiger partial charge in [0.1, 0.15) is 0 Å². The van der Waals surface area contributed by atoms with Crippen LogP contribution in [0.3, 0.4) is 0 Å². The van der Waals surface area contributed by atoms with Crippen LogP contribution in [-0.2, 0) is 10.5 Å². The van der Waals surface area contributed by atoms with E-state index >= 15 is 0 Å². The molecule has 3 rings (SSSR count). The van der Waals surface area contributed by atoms with E-state index in [4.69, 9.17) is 0 Å². The van der Waals surface area contributed by atoms with Crippen molar-refractivity contribution in [2.45, 2.75) is 12.7 Å². The Morgan fingerprint density at radius 2 is 1.48 bits per heavy atom. The minimum Gasteiger partial charge on any atom is -0.288 e. The second-order valence-corrected chi connectivity index (χ2v) is 6.11. The standard InChI is InChI=1S/C18H15N3OS/c1-13(22)23-12-14-10-17(15-6-2-4-8-19-15)21-18(11-14)16-7-3-5-9-20-16/h2-11H,12H2,1H3. The number of rotatable bonds is 4. The summed E-state index contributed by atoms with van der Waals surface area (Å²) in [5, 5.41) is 0.0978. The number of aromatic nitrogens is 3. The van der Waals surface area contributed by atoms with Crippen LogP contribution in [0.15, 0.2) is 60.9 Å². The third-order valence-electron chi connectivity index (χ3n) is 3.18. The van der Waals surface area contributed by atoms with Gasteiger partial charge >= 0.3 is 0 Å². The van der Waals surface area contributed by atoms with E-state index in [1.807, 2.05) is 48.5 Å². The van der Waals surface area contributed by atoms with Crippen molar-refractivity contribution in [2.75, 3.05) is 0 Å². The number of pyridine rings is 3. The van der Waals surface area contributed by atoms with Gasteiger partial charge in [-0.2, -0.15) is 0 Å². The fraction of sp³-hybridized carbons (Fsp3) is 0.111. The highest BCUT2D eigenvalue weighted by molar-refractivity contribution is 8.12. The topological polar surface area (TPSA) is 55.7 Å². The molecule has 0 unspecified atom stereocenters. The summed E-state index contributed by atoms with van der Waals surface area (Å²) in [6.45, 7) is 1.57. The maximum absolute atomic E-state index is 11.2. The van der Waals surface area contributed by atoms with Crippen molar-refractivity contribution in [1.29, 1.82) is 0 Å². The van der Waals surface area contributed by atoms with Gasteiger partial charge in [0.25, 0.3) is 0 Å². The summed E-state index contributed by atoms with van der Waals surface area (Å²) >= 11 is 1.28. The molecule has 4 nitrogen and oxygen atoms in total. The zero-order valence-corrected chi connectivity index (χ0v) is 13.5. The highest BCUT2D eigenvalue weighted by Crippen LogP contribution is 2.24. The summed E-state index contributed by atoms with van der Waals surface area (Å²) in [6.07, 6.45) is 3.49. The van der Waals surface area contributed by atoms with E-state index in [0.717, 1.165) is 28.3 Å². The van der Waals surface area contributed by atoms with Gasteiger partial charge in [0.05, 0.1) is 22.8 Å². The summed E-state index contributed by atoms with van der Waals surface area (Å²) in [5.41, 5.74) is 4.21. The molecule has 3 heterocycles. The van der Waals surface area contributed by atoms with Gasteiger partial charge in [-0.3, -0.25) is 14.8 Å². The summed E-state index contributed by atoms with van der Waals surface area (Å²) in [7, 11) is 0. The van der Waals surface area contributed by atoms with Crippen molar-refractivity contribution in [3.05, 3.63) is 66.5 Å². The number of carbonyl (C=O) groups excluding carboxylic acids is 1. The molecule has 0 saturated heterocycles. The van der Waals surface area contributed by atoms with E-state index in [1.165, 1.54) is 11.8 Å². The summed E-state index contributed by atoms with van der Waals surface area (Å²) in [4.78, 5) is 24.7. The van der Waals surface area contributed by atoms with Crippen LogP contribution in [0.1, 0.15) is 12.5 Å². The molecule has 5 heteroatoms. The maximum Gasteiger partial charge on any atom is 0.186 e. The monoisotopic (exact) mass is 321 g/mol. The van der Waals surface area contributed by atoms with E-state index in [0.29, 0.717) is 5.75 Å². The molecule has 0 spiro atoms. The van der Waals surface area contributed by atoms with Gasteiger partial charge in [-0.25, -0.2) is 4.98 Å². The summed E-state index contributed by atoms with van der Waals surface area (Å²) < 4.78 is 0. The van der Waals surface area contributed by atoms with Gasteiger partial charge in [0.15, 0.2) is 5.12 Å². The van der Waals surface area contributed by atoms with Crippen molar-refractivity contribution in [3.63, 3.8) is 0 Å². The molecule has 0 amide bonds. The van der Waals surface area contributed by atoms with Crippen LogP contribution in [0.2, 0.25) is 0 Å². The molecule has 114 valence electrons. The van der Waals surface area contributed by atoms with E-state index < -0.39 is 0 Å². The predicted molar refractivity (Wildman–Crippen MR) is 92.7 cm³/mol. The van der Waals surface area contributed by atoms with Gasteiger partial charge in [-0.05, 0) is 42.0 Å². The van der Waals surface area contributed by atoms with Crippen LogP contribution < -0.4 is 0 Å². The molecular formula is C18H15N3OS. The number of hydrogen-bond acceptors (Lipinski definition) is 5. The zero-order valence-electron chi connectivity index (χ0n) is 12.6. The van der Waals surface area contributed by atoms with Crippen LogP contribution in [0.5, 0.6) is 0 Å². The molecule has 0 N–H and O–H groups in total. The molecule has 23 heavy (non-hydrogen) atoms. The quantitative estimate of drug-likeness (QED) is 0.727. The SMILES string of the molecule is CC(=O)SCc1cc(-c2ccccn2)nc(-c2ccccn2)c1. The lowest BCUT2D eigenvalue weighted by Gasteiger charge is -2.08. The normalized spacial score (nSPS) is 10.5. The van der Waals surface area contributed by atoms with Crippen LogP contribution >= 0.6 is 11.8 Å². The van der Waals surface area contributed by atoms with Gasteiger partial charge in [-0.15, -0.1) is 0 Å². The van der Waals surface area contributed by atoms with Gasteiger partial charge in [0, 0.05) is 25.1 Å². The number of nitrogens with zero attached hydrogens (tertiary/aromatic N) is 3. The molecule has 0 saturated carbocycles. The Balaban J connectivity index is 2.05. The first-order chi connectivity index (χ1) is 11.2. The van der Waals surface area contributed by atoms with Crippen molar-refractivity contribution in [1.82, 2.24) is 15.0 Å². The Morgan fingerprint density at radius 1 is 0.913 bits per heavy atom. The first-order valence-electron chi connectivity index (χ1n) is 7.19. The van der Waals surface area contributed by atoms with E-state index in [2.05, 4.69) is 15.0 Å². The Labute approximate surface area is 139 Å². The first kappa shape index (κ1) is 15.4. The fourth-order valence-electron chi connectivity index (χ4n) is 2.15. The third kappa shape index (κ3) is 4.02. The molecule has 0 atom stereocenters. The van der Waals surface area contributed by atoms with Crippen LogP contribution in [0, 0.1) is 0 Å². The highest BCUT2D eigenvalue weighted by Gasteiger charge is 2.09. The van der Waals surface area contributed by atoms with Gasteiger partial charge < -0.3 is 0 Å². The van der Waals surface area contributed by atoms with Gasteiger partial charge in [-0.1, -0.05) is 23.9 Å². The van der Waals surface area contributed by atoms with Crippen LogP contribution in [-0.4, -0.2) is 20.1 Å². The number of hydrogen-bond donors (Lipinski definition) is 0. The predicted octanol–water partition coefficient (Wildman–Crippen LogP) is 3.99. The van der Waals surface area contributed by atoms with E-state index in [1.54, 1.807) is 19.3 Å². The average molecular weight is 321 g/mol. The molecule has 0 fully saturated rings. The van der Waals surface area contributed by atoms with Crippen molar-refractivity contribution < 1.29 is 4.79 Å². The van der Waals surface area contributed by atoms with Crippen molar-refractivity contribution in [2.24, 2.45) is 0 Å². The highest BCUT2D eigenvalue weighted by atomic mass is 32.2. The first-order valence-corrected chi connectivity index (χ1v) is 8.18. The Morgan fingerprint density at radius 3 is 1.91 bits per heavy atom. The maximum atomic E-state index is 11.2. The van der Waals surface area contributed by atoms with Crippen molar-refractivity contribution >= 4 is 16.9 Å². The molecule has 0 radical (unpaired) electrons. The Bertz CT molecular complexity index is 749. The van der Waals surface area contributed by atoms with Crippen LogP contribution in [0.25, 0.3) is 22.8 Å². The summed E-state index contributed by atoms with van der Waals surface area (Å²) in [6, 6.07) is 15.4. The molecule has 0 aromatic carbocycles. The lowest BCUT2D eigenvalue weighted by Crippen LogP contribution is -1.95. The van der Waals surface area contributed by atoms with Crippen molar-refractivity contribution in [3.8, 4) is 22.8 Å². The van der Waals surface area contributed by atoms with Crippen LogP contribution in [0.4, 0.5) is 0 Å². The summed E-state index contributed by atoms with van der Waals surface area (Å²) in [5.74, 6) is 0.609. The average Bonchev–Trinajstić information content (AvgIpc) is 2.61. The molecule has 0 aliphatic carbocycles. The molecule has 0 aliphatic heterocycles. The molecule has 3 aromatic rings. The number of thioether (sulfide) groups is 1. The largest absolute Gasteiger partial charge is 0.288 e. The molecule has 0 bridgehead atoms. The second-order valence-electron chi connectivity index (χ2n) is 4.96. The molecular weight excluding hydrogens is 306 g/mol. The van der Waals surface area contributed by atoms with E-state index in [9.17, 15) is 4.79 Å². The lowest BCUT2D eigenvalue weighted by atomic mass is 10.1. The Kier molecular flexibility index (Phi) is 4.78. The zero-order chi connectivity index (χ0) is 16.1. The second kappa shape index (κ2) is 7.15. The molecule has 0 aliphatic rings. The fourth-order valence-corrected chi connectivity index (χ4v) is 2.68. The lowest BCUT2D eigenvalue weighted by molar-refractivity contribution is -0.109. The Hall–Kier alpha value is -2.53. The number of carbonyl (C=O) groups is 1. The third-order valence-corrected chi connectivity index (χ3v) is 4.07. The minimum atomic E-state index is 0.0978. The molecule has 3 aromatic heterocycles. The van der Waals surface area contributed by atoms with Gasteiger partial charge in [0.2, 0.25) is 0 Å². The smallest absolute Gasteiger partial charge is 0.186 e.